The number of allylic oxidation sites excluding steroid dienone is 2. The first-order chi connectivity index (χ1) is 12.1. The first kappa shape index (κ1) is 16.7. The highest BCUT2D eigenvalue weighted by Gasteiger charge is 2.20. The molecule has 0 atom stereocenters. The highest BCUT2D eigenvalue weighted by Crippen LogP contribution is 2.30. The van der Waals surface area contributed by atoms with E-state index in [4.69, 9.17) is 11.6 Å². The summed E-state index contributed by atoms with van der Waals surface area (Å²) in [5.74, 6) is 0.0891. The van der Waals surface area contributed by atoms with Gasteiger partial charge in [-0.2, -0.15) is 15.1 Å². The van der Waals surface area contributed by atoms with Crippen LogP contribution in [0.25, 0.3) is 16.9 Å². The monoisotopic (exact) mass is 469 g/mol. The number of nitrogens with zero attached hydrogens (tertiary/aromatic N) is 5. The quantitative estimate of drug-likeness (QED) is 0.306. The third kappa shape index (κ3) is 3.35. The number of hydrogen-bond donors (Lipinski definition) is 0. The molecule has 4 rings (SSSR count). The van der Waals surface area contributed by atoms with Gasteiger partial charge in [-0.15, -0.1) is 0 Å². The van der Waals surface area contributed by atoms with Crippen LogP contribution < -0.4 is 5.12 Å². The van der Waals surface area contributed by atoms with Gasteiger partial charge in [0.05, 0.1) is 6.54 Å². The van der Waals surface area contributed by atoms with E-state index >= 15 is 0 Å². The number of anilines is 1. The van der Waals surface area contributed by atoms with Crippen molar-refractivity contribution >= 4 is 56.9 Å². The Labute approximate surface area is 162 Å². The van der Waals surface area contributed by atoms with E-state index in [-0.39, 0.29) is 17.6 Å². The molecule has 0 N–H and O–H groups in total. The number of halogens is 3. The van der Waals surface area contributed by atoms with E-state index in [0.717, 1.165) is 34.1 Å². The molecule has 25 heavy (non-hydrogen) atoms. The minimum atomic E-state index is 0.00754. The van der Waals surface area contributed by atoms with Crippen molar-refractivity contribution in [2.45, 2.75) is 25.8 Å². The van der Waals surface area contributed by atoms with Crippen LogP contribution in [0.3, 0.4) is 0 Å². The SMILES string of the molecule is FN(Cc1cccc(I)c1)c1nc(Cl)nc2c1ncn2C1=CCCC1. The van der Waals surface area contributed by atoms with Crippen molar-refractivity contribution in [1.29, 1.82) is 0 Å². The van der Waals surface area contributed by atoms with Crippen molar-refractivity contribution in [2.24, 2.45) is 0 Å². The van der Waals surface area contributed by atoms with Crippen molar-refractivity contribution in [3.05, 3.63) is 51.1 Å². The molecule has 0 fully saturated rings. The van der Waals surface area contributed by atoms with E-state index in [1.54, 1.807) is 6.33 Å². The molecule has 0 spiro atoms. The number of imidazole rings is 1. The third-order valence-electron chi connectivity index (χ3n) is 4.12. The molecular formula is C17H14ClFIN5. The molecule has 1 aliphatic carbocycles. The molecule has 128 valence electrons. The van der Waals surface area contributed by atoms with Gasteiger partial charge in [0.15, 0.2) is 17.0 Å². The molecule has 0 radical (unpaired) electrons. The minimum absolute atomic E-state index is 0.00754. The zero-order chi connectivity index (χ0) is 17.4. The fourth-order valence-electron chi connectivity index (χ4n) is 2.98. The van der Waals surface area contributed by atoms with Gasteiger partial charge >= 0.3 is 0 Å². The van der Waals surface area contributed by atoms with E-state index in [2.05, 4.69) is 43.6 Å². The van der Waals surface area contributed by atoms with Crippen LogP contribution in [0, 0.1) is 3.57 Å². The van der Waals surface area contributed by atoms with Gasteiger partial charge in [0, 0.05) is 9.27 Å². The molecule has 1 aromatic carbocycles. The average molecular weight is 470 g/mol. The van der Waals surface area contributed by atoms with Gasteiger partial charge in [-0.25, -0.2) is 4.98 Å². The van der Waals surface area contributed by atoms with E-state index in [9.17, 15) is 4.48 Å². The lowest BCUT2D eigenvalue weighted by atomic mass is 10.2. The van der Waals surface area contributed by atoms with Gasteiger partial charge < -0.3 is 0 Å². The normalized spacial score (nSPS) is 14.1. The van der Waals surface area contributed by atoms with Crippen LogP contribution in [0.4, 0.5) is 10.3 Å². The van der Waals surface area contributed by atoms with Gasteiger partial charge in [-0.3, -0.25) is 4.57 Å². The predicted molar refractivity (Wildman–Crippen MR) is 105 cm³/mol. The van der Waals surface area contributed by atoms with Gasteiger partial charge in [0.2, 0.25) is 5.28 Å². The van der Waals surface area contributed by atoms with E-state index in [0.29, 0.717) is 16.3 Å². The second-order valence-electron chi connectivity index (χ2n) is 5.84. The van der Waals surface area contributed by atoms with Crippen molar-refractivity contribution < 1.29 is 4.48 Å². The van der Waals surface area contributed by atoms with Gasteiger partial charge in [0.25, 0.3) is 0 Å². The molecule has 3 aromatic rings. The van der Waals surface area contributed by atoms with Crippen molar-refractivity contribution in [2.75, 3.05) is 5.12 Å². The first-order valence-corrected chi connectivity index (χ1v) is 9.35. The third-order valence-corrected chi connectivity index (χ3v) is 4.96. The standard InChI is InChI=1S/C17H14ClFIN5/c18-17-22-15-14(21-10-24(15)13-6-1-2-7-13)16(23-17)25(19)9-11-4-3-5-12(20)8-11/h3-6,8,10H,1-2,7,9H2. The molecule has 0 saturated heterocycles. The van der Waals surface area contributed by atoms with Crippen LogP contribution in [-0.4, -0.2) is 19.5 Å². The highest BCUT2D eigenvalue weighted by atomic mass is 127. The first-order valence-electron chi connectivity index (χ1n) is 7.89. The lowest BCUT2D eigenvalue weighted by Crippen LogP contribution is -2.14. The maximum absolute atomic E-state index is 14.9. The summed E-state index contributed by atoms with van der Waals surface area (Å²) in [6.07, 6.45) is 6.89. The Bertz CT molecular complexity index is 971. The maximum atomic E-state index is 14.9. The number of benzene rings is 1. The predicted octanol–water partition coefficient (Wildman–Crippen LogP) is 5.00. The Morgan fingerprint density at radius 3 is 2.96 bits per heavy atom. The number of rotatable bonds is 4. The minimum Gasteiger partial charge on any atom is -0.287 e. The molecule has 0 aliphatic heterocycles. The molecule has 0 amide bonds. The Balaban J connectivity index is 1.74. The van der Waals surface area contributed by atoms with Crippen molar-refractivity contribution in [3.63, 3.8) is 0 Å². The molecule has 0 unspecified atom stereocenters. The molecule has 5 nitrogen and oxygen atoms in total. The maximum Gasteiger partial charge on any atom is 0.226 e. The number of hydrogen-bond acceptors (Lipinski definition) is 4. The van der Waals surface area contributed by atoms with Crippen LogP contribution in [-0.2, 0) is 6.54 Å². The Kier molecular flexibility index (Phi) is 4.60. The van der Waals surface area contributed by atoms with E-state index in [1.807, 2.05) is 28.8 Å². The summed E-state index contributed by atoms with van der Waals surface area (Å²) in [5.41, 5.74) is 2.90. The summed E-state index contributed by atoms with van der Waals surface area (Å²) in [4.78, 5) is 12.7. The van der Waals surface area contributed by atoms with Gasteiger partial charge in [0.1, 0.15) is 6.33 Å². The summed E-state index contributed by atoms with van der Waals surface area (Å²) in [5, 5.41) is 0.579. The molecule has 1 aliphatic rings. The lowest BCUT2D eigenvalue weighted by molar-refractivity contribution is 0.425. The fraction of sp³-hybridized carbons (Fsp3) is 0.235. The summed E-state index contributed by atoms with van der Waals surface area (Å²) in [6, 6.07) is 7.66. The molecule has 0 saturated carbocycles. The second kappa shape index (κ2) is 6.87. The van der Waals surface area contributed by atoms with Crippen LogP contribution >= 0.6 is 34.2 Å². The molecular weight excluding hydrogens is 456 g/mol. The molecule has 8 heteroatoms. The Morgan fingerprint density at radius 1 is 1.32 bits per heavy atom. The summed E-state index contributed by atoms with van der Waals surface area (Å²) in [7, 11) is 0. The van der Waals surface area contributed by atoms with Crippen molar-refractivity contribution in [3.8, 4) is 0 Å². The van der Waals surface area contributed by atoms with Crippen LogP contribution in [0.15, 0.2) is 36.7 Å². The molecule has 0 bridgehead atoms. The summed E-state index contributed by atoms with van der Waals surface area (Å²) >= 11 is 8.26. The zero-order valence-corrected chi connectivity index (χ0v) is 16.1. The van der Waals surface area contributed by atoms with Crippen LogP contribution in [0.1, 0.15) is 24.8 Å². The largest absolute Gasteiger partial charge is 0.287 e. The fourth-order valence-corrected chi connectivity index (χ4v) is 3.75. The van der Waals surface area contributed by atoms with E-state index < -0.39 is 0 Å². The number of aromatic nitrogens is 4. The molecule has 2 aromatic heterocycles. The van der Waals surface area contributed by atoms with Gasteiger partial charge in [-0.1, -0.05) is 22.7 Å². The second-order valence-corrected chi connectivity index (χ2v) is 7.42. The highest BCUT2D eigenvalue weighted by molar-refractivity contribution is 14.1. The van der Waals surface area contributed by atoms with E-state index in [1.165, 1.54) is 0 Å². The summed E-state index contributed by atoms with van der Waals surface area (Å²) < 4.78 is 17.8. The number of fused-ring (bicyclic) bond motifs is 1. The van der Waals surface area contributed by atoms with Crippen LogP contribution in [0.5, 0.6) is 0 Å². The average Bonchev–Trinajstić information content (AvgIpc) is 3.22. The Hall–Kier alpha value is -1.74. The lowest BCUT2D eigenvalue weighted by Gasteiger charge is -2.14. The summed E-state index contributed by atoms with van der Waals surface area (Å²) in [6.45, 7) is 0.0643. The molecule has 2 heterocycles. The van der Waals surface area contributed by atoms with Crippen LogP contribution in [0.2, 0.25) is 5.28 Å². The van der Waals surface area contributed by atoms with Crippen molar-refractivity contribution in [1.82, 2.24) is 19.5 Å². The zero-order valence-electron chi connectivity index (χ0n) is 13.2. The van der Waals surface area contributed by atoms with Gasteiger partial charge in [-0.05, 0) is 71.2 Å². The topological polar surface area (TPSA) is 46.8 Å². The smallest absolute Gasteiger partial charge is 0.226 e. The Morgan fingerprint density at radius 2 is 2.20 bits per heavy atom.